The second-order valence-corrected chi connectivity index (χ2v) is 6.94. The van der Waals surface area contributed by atoms with Crippen molar-refractivity contribution in [1.82, 2.24) is 4.57 Å². The predicted octanol–water partition coefficient (Wildman–Crippen LogP) is 3.79. The Bertz CT molecular complexity index is 1140. The van der Waals surface area contributed by atoms with Crippen molar-refractivity contribution in [2.75, 3.05) is 19.0 Å². The topological polar surface area (TPSA) is 82.8 Å². The first kappa shape index (κ1) is 19.9. The number of benzene rings is 2. The van der Waals surface area contributed by atoms with Crippen molar-refractivity contribution in [2.24, 2.45) is 0 Å². The fourth-order valence-corrected chi connectivity index (χ4v) is 3.02. The molecule has 1 aromatic heterocycles. The van der Waals surface area contributed by atoms with Gasteiger partial charge in [-0.05, 0) is 54.5 Å². The fraction of sp³-hybridized carbons (Fsp3) is 0.130. The lowest BCUT2D eigenvalue weighted by Gasteiger charge is -2.15. The number of carboxylic acids is 1. The number of rotatable bonds is 5. The predicted molar refractivity (Wildman–Crippen MR) is 115 cm³/mol. The van der Waals surface area contributed by atoms with Gasteiger partial charge in [-0.25, -0.2) is 4.79 Å². The second-order valence-electron chi connectivity index (χ2n) is 6.94. The van der Waals surface area contributed by atoms with Crippen LogP contribution in [0.3, 0.4) is 0 Å². The van der Waals surface area contributed by atoms with Crippen molar-refractivity contribution in [3.05, 3.63) is 87.3 Å². The van der Waals surface area contributed by atoms with Crippen LogP contribution >= 0.6 is 0 Å². The Kier molecular flexibility index (Phi) is 5.54. The highest BCUT2D eigenvalue weighted by molar-refractivity contribution is 5.87. The quantitative estimate of drug-likeness (QED) is 0.693. The molecule has 29 heavy (non-hydrogen) atoms. The third-order valence-electron chi connectivity index (χ3n) is 4.61. The summed E-state index contributed by atoms with van der Waals surface area (Å²) in [6, 6.07) is 14.0. The lowest BCUT2D eigenvalue weighted by molar-refractivity contribution is 0.0694. The van der Waals surface area contributed by atoms with Crippen LogP contribution in [-0.2, 0) is 0 Å². The maximum Gasteiger partial charge on any atom is 0.341 e. The van der Waals surface area contributed by atoms with Gasteiger partial charge in [-0.15, -0.1) is 0 Å². The number of hydrogen-bond acceptors (Lipinski definition) is 4. The number of aromatic nitrogens is 1. The van der Waals surface area contributed by atoms with Gasteiger partial charge in [0.15, 0.2) is 5.43 Å². The van der Waals surface area contributed by atoms with Crippen molar-refractivity contribution in [3.8, 4) is 11.4 Å². The molecule has 6 nitrogen and oxygen atoms in total. The van der Waals surface area contributed by atoms with E-state index in [1.165, 1.54) is 18.3 Å². The van der Waals surface area contributed by atoms with E-state index >= 15 is 0 Å². The van der Waals surface area contributed by atoms with Crippen LogP contribution in [0.4, 0.5) is 5.69 Å². The van der Waals surface area contributed by atoms with Gasteiger partial charge in [0.1, 0.15) is 11.3 Å². The molecule has 0 aliphatic carbocycles. The Balaban J connectivity index is 2.10. The van der Waals surface area contributed by atoms with Gasteiger partial charge in [0, 0.05) is 43.4 Å². The van der Waals surface area contributed by atoms with Crippen molar-refractivity contribution in [3.63, 3.8) is 0 Å². The second kappa shape index (κ2) is 8.06. The number of hydrogen-bond donors (Lipinski definition) is 2. The number of anilines is 1. The number of phenolic OH excluding ortho intramolecular Hbond substituents is 1. The molecule has 0 bridgehead atoms. The number of aromatic hydroxyl groups is 1. The van der Waals surface area contributed by atoms with Crippen LogP contribution in [0.2, 0.25) is 0 Å². The number of aryl methyl sites for hydroxylation is 1. The molecule has 0 aliphatic heterocycles. The van der Waals surface area contributed by atoms with E-state index in [0.717, 1.165) is 16.8 Å². The molecule has 2 aromatic carbocycles. The van der Waals surface area contributed by atoms with Gasteiger partial charge in [-0.2, -0.15) is 0 Å². The zero-order chi connectivity index (χ0) is 21.1. The van der Waals surface area contributed by atoms with Gasteiger partial charge >= 0.3 is 5.97 Å². The molecule has 6 heteroatoms. The first-order valence-corrected chi connectivity index (χ1v) is 9.02. The van der Waals surface area contributed by atoms with E-state index in [2.05, 4.69) is 0 Å². The maximum absolute atomic E-state index is 12.3. The molecule has 3 aromatic rings. The van der Waals surface area contributed by atoms with E-state index in [-0.39, 0.29) is 11.3 Å². The van der Waals surface area contributed by atoms with Gasteiger partial charge in [0.25, 0.3) is 0 Å². The lowest BCUT2D eigenvalue weighted by atomic mass is 10.1. The minimum absolute atomic E-state index is 0.115. The Morgan fingerprint density at radius 1 is 1.03 bits per heavy atom. The molecule has 0 amide bonds. The number of nitrogens with zero attached hydrogens (tertiary/aromatic N) is 2. The van der Waals surface area contributed by atoms with E-state index in [9.17, 15) is 19.8 Å². The summed E-state index contributed by atoms with van der Waals surface area (Å²) < 4.78 is 1.64. The lowest BCUT2D eigenvalue weighted by Crippen LogP contribution is -2.18. The van der Waals surface area contributed by atoms with E-state index in [4.69, 9.17) is 0 Å². The maximum atomic E-state index is 12.3. The first-order chi connectivity index (χ1) is 13.8. The van der Waals surface area contributed by atoms with Gasteiger partial charge in [0.2, 0.25) is 0 Å². The molecule has 2 N–H and O–H groups in total. The summed E-state index contributed by atoms with van der Waals surface area (Å²) in [4.78, 5) is 25.7. The van der Waals surface area contributed by atoms with Crippen LogP contribution in [-0.4, -0.2) is 34.8 Å². The van der Waals surface area contributed by atoms with E-state index < -0.39 is 11.4 Å². The number of phenols is 1. The summed E-state index contributed by atoms with van der Waals surface area (Å²) in [6.45, 7) is 1.81. The minimum Gasteiger partial charge on any atom is -0.508 e. The molecule has 0 unspecified atom stereocenters. The molecule has 0 atom stereocenters. The normalized spacial score (nSPS) is 11.0. The molecular formula is C23H22N2O4. The van der Waals surface area contributed by atoms with Crippen LogP contribution in [0.1, 0.15) is 27.2 Å². The van der Waals surface area contributed by atoms with Crippen molar-refractivity contribution < 1.29 is 15.0 Å². The Hall–Kier alpha value is -3.80. The molecule has 0 aliphatic rings. The van der Waals surface area contributed by atoms with Gasteiger partial charge in [-0.3, -0.25) is 4.79 Å². The minimum atomic E-state index is -1.28. The summed E-state index contributed by atoms with van der Waals surface area (Å²) in [7, 11) is 3.93. The molecule has 0 spiro atoms. The smallest absolute Gasteiger partial charge is 0.341 e. The largest absolute Gasteiger partial charge is 0.508 e. The third-order valence-corrected chi connectivity index (χ3v) is 4.61. The van der Waals surface area contributed by atoms with Crippen LogP contribution in [0.15, 0.2) is 59.5 Å². The van der Waals surface area contributed by atoms with Gasteiger partial charge in [-0.1, -0.05) is 18.2 Å². The third kappa shape index (κ3) is 4.38. The van der Waals surface area contributed by atoms with E-state index in [0.29, 0.717) is 11.4 Å². The van der Waals surface area contributed by atoms with Crippen molar-refractivity contribution in [1.29, 1.82) is 0 Å². The van der Waals surface area contributed by atoms with E-state index in [1.54, 1.807) is 29.7 Å². The molecular weight excluding hydrogens is 368 g/mol. The Morgan fingerprint density at radius 2 is 1.72 bits per heavy atom. The highest BCUT2D eigenvalue weighted by Crippen LogP contribution is 2.22. The standard InChI is InChI=1S/C23H22N2O4/c1-15-12-19(26)10-11-21(15)25-14-20(23(28)29)22(27)13-18(25)9-6-16-4-7-17(8-5-16)24(2)3/h4-14,26H,1-3H3,(H,28,29)/b9-6+. The van der Waals surface area contributed by atoms with Crippen LogP contribution in [0.5, 0.6) is 5.75 Å². The van der Waals surface area contributed by atoms with Crippen LogP contribution in [0.25, 0.3) is 17.8 Å². The highest BCUT2D eigenvalue weighted by atomic mass is 16.4. The molecule has 0 saturated carbocycles. The highest BCUT2D eigenvalue weighted by Gasteiger charge is 2.13. The summed E-state index contributed by atoms with van der Waals surface area (Å²) >= 11 is 0. The monoisotopic (exact) mass is 390 g/mol. The zero-order valence-corrected chi connectivity index (χ0v) is 16.5. The number of carbonyl (C=O) groups is 1. The van der Waals surface area contributed by atoms with Crippen molar-refractivity contribution in [2.45, 2.75) is 6.92 Å². The number of pyridine rings is 1. The summed E-state index contributed by atoms with van der Waals surface area (Å²) in [5, 5.41) is 19.0. The SMILES string of the molecule is Cc1cc(O)ccc1-n1cc(C(=O)O)c(=O)cc1/C=C/c1ccc(N(C)C)cc1. The first-order valence-electron chi connectivity index (χ1n) is 9.02. The average Bonchev–Trinajstić information content (AvgIpc) is 2.67. The van der Waals surface area contributed by atoms with Crippen molar-refractivity contribution >= 4 is 23.8 Å². The summed E-state index contributed by atoms with van der Waals surface area (Å²) in [5.41, 5.74) is 3.09. The van der Waals surface area contributed by atoms with Gasteiger partial charge in [0.05, 0.1) is 0 Å². The molecule has 3 rings (SSSR count). The molecule has 0 radical (unpaired) electrons. The Morgan fingerprint density at radius 3 is 2.31 bits per heavy atom. The van der Waals surface area contributed by atoms with Crippen LogP contribution in [0, 0.1) is 6.92 Å². The number of aromatic carboxylic acids is 1. The van der Waals surface area contributed by atoms with Gasteiger partial charge < -0.3 is 19.7 Å². The molecule has 0 fully saturated rings. The number of carboxylic acid groups (broad SMARTS) is 1. The summed E-state index contributed by atoms with van der Waals surface area (Å²) in [6.07, 6.45) is 4.95. The molecule has 1 heterocycles. The fourth-order valence-electron chi connectivity index (χ4n) is 3.02. The van der Waals surface area contributed by atoms with E-state index in [1.807, 2.05) is 49.3 Å². The van der Waals surface area contributed by atoms with Crippen LogP contribution < -0.4 is 10.3 Å². The average molecular weight is 390 g/mol. The summed E-state index contributed by atoms with van der Waals surface area (Å²) in [5.74, 6) is -1.17. The Labute approximate surface area is 168 Å². The molecule has 148 valence electrons. The molecule has 0 saturated heterocycles. The zero-order valence-electron chi connectivity index (χ0n) is 16.5.